The van der Waals surface area contributed by atoms with Crippen molar-refractivity contribution in [2.24, 2.45) is 0 Å². The molecule has 1 amide bonds. The van der Waals surface area contributed by atoms with Crippen LogP contribution in [-0.4, -0.2) is 19.3 Å². The Hall–Kier alpha value is -3.72. The maximum Gasteiger partial charge on any atom is 0.272 e. The number of carbonyl (C=O) groups excluding carboxylic acids is 1. The minimum Gasteiger partial charge on any atom is -0.351 e. The van der Waals surface area contributed by atoms with Crippen LogP contribution >= 0.6 is 0 Å². The summed E-state index contributed by atoms with van der Waals surface area (Å²) in [5, 5.41) is 3.61. The van der Waals surface area contributed by atoms with Gasteiger partial charge in [-0.05, 0) is 55.0 Å². The first-order valence-electron chi connectivity index (χ1n) is 9.20. The van der Waals surface area contributed by atoms with Crippen LogP contribution in [0.1, 0.15) is 16.1 Å². The fourth-order valence-electron chi connectivity index (χ4n) is 3.25. The van der Waals surface area contributed by atoms with Crippen molar-refractivity contribution in [2.45, 2.75) is 11.8 Å². The predicted octanol–water partition coefficient (Wildman–Crippen LogP) is 4.81. The summed E-state index contributed by atoms with van der Waals surface area (Å²) in [6, 6.07) is 15.8. The van der Waals surface area contributed by atoms with E-state index in [1.165, 1.54) is 18.2 Å². The number of sulfonamides is 1. The molecule has 3 aromatic carbocycles. The number of benzene rings is 3. The van der Waals surface area contributed by atoms with Crippen molar-refractivity contribution in [3.63, 3.8) is 0 Å². The Morgan fingerprint density at radius 3 is 2.29 bits per heavy atom. The smallest absolute Gasteiger partial charge is 0.272 e. The third-order valence-electron chi connectivity index (χ3n) is 4.61. The third kappa shape index (κ3) is 4.41. The van der Waals surface area contributed by atoms with E-state index in [0.717, 1.165) is 23.0 Å². The molecule has 0 bridgehead atoms. The lowest BCUT2D eigenvalue weighted by Gasteiger charge is -2.12. The molecule has 0 aliphatic rings. The summed E-state index contributed by atoms with van der Waals surface area (Å²) < 4.78 is 54.2. The molecule has 0 fully saturated rings. The predicted molar refractivity (Wildman–Crippen MR) is 115 cm³/mol. The topological polar surface area (TPSA) is 91.1 Å². The maximum absolute atomic E-state index is 13.3. The van der Waals surface area contributed by atoms with Crippen molar-refractivity contribution < 1.29 is 22.0 Å². The highest BCUT2D eigenvalue weighted by Crippen LogP contribution is 2.24. The standard InChI is InChI=1S/C22H17F2N3O3S/c1-13-8-17(25-22(28)20-9-14-4-2-3-5-19(14)26-20)6-7-21(13)31(29,30)27-18-11-15(23)10-16(24)12-18/h2-12,26-27H,1H3,(H,25,28). The zero-order chi connectivity index (χ0) is 22.2. The van der Waals surface area contributed by atoms with E-state index in [9.17, 15) is 22.0 Å². The van der Waals surface area contributed by atoms with Gasteiger partial charge in [-0.2, -0.15) is 0 Å². The van der Waals surface area contributed by atoms with Gasteiger partial charge in [-0.15, -0.1) is 0 Å². The average Bonchev–Trinajstić information content (AvgIpc) is 3.11. The van der Waals surface area contributed by atoms with Crippen LogP contribution in [0.5, 0.6) is 0 Å². The first-order chi connectivity index (χ1) is 14.7. The quantitative estimate of drug-likeness (QED) is 0.415. The van der Waals surface area contributed by atoms with Crippen LogP contribution < -0.4 is 10.0 Å². The zero-order valence-corrected chi connectivity index (χ0v) is 17.1. The second-order valence-corrected chi connectivity index (χ2v) is 8.62. The van der Waals surface area contributed by atoms with Crippen LogP contribution in [0, 0.1) is 18.6 Å². The van der Waals surface area contributed by atoms with Gasteiger partial charge in [0.2, 0.25) is 0 Å². The Morgan fingerprint density at radius 1 is 0.903 bits per heavy atom. The molecule has 0 radical (unpaired) electrons. The molecule has 9 heteroatoms. The number of aromatic nitrogens is 1. The van der Waals surface area contributed by atoms with Gasteiger partial charge in [0.25, 0.3) is 15.9 Å². The second kappa shape index (κ2) is 7.84. The first-order valence-corrected chi connectivity index (χ1v) is 10.7. The van der Waals surface area contributed by atoms with E-state index in [-0.39, 0.29) is 16.5 Å². The fourth-order valence-corrected chi connectivity index (χ4v) is 4.51. The van der Waals surface area contributed by atoms with Crippen LogP contribution in [-0.2, 0) is 10.0 Å². The molecular weight excluding hydrogens is 424 g/mol. The van der Waals surface area contributed by atoms with Gasteiger partial charge in [0, 0.05) is 22.7 Å². The molecule has 158 valence electrons. The summed E-state index contributed by atoms with van der Waals surface area (Å²) in [7, 11) is -4.09. The summed E-state index contributed by atoms with van der Waals surface area (Å²) in [4.78, 5) is 15.5. The molecular formula is C22H17F2N3O3S. The first kappa shape index (κ1) is 20.5. The zero-order valence-electron chi connectivity index (χ0n) is 16.2. The molecule has 0 saturated heterocycles. The molecule has 0 aliphatic carbocycles. The summed E-state index contributed by atoms with van der Waals surface area (Å²) in [5.41, 5.74) is 1.71. The number of hydrogen-bond donors (Lipinski definition) is 3. The number of nitrogens with one attached hydrogen (secondary N) is 3. The molecule has 1 aromatic heterocycles. The van der Waals surface area contributed by atoms with E-state index >= 15 is 0 Å². The van der Waals surface area contributed by atoms with E-state index in [2.05, 4.69) is 15.0 Å². The number of hydrogen-bond acceptors (Lipinski definition) is 3. The van der Waals surface area contributed by atoms with Crippen LogP contribution in [0.3, 0.4) is 0 Å². The average molecular weight is 441 g/mol. The van der Waals surface area contributed by atoms with Crippen LogP contribution in [0.25, 0.3) is 10.9 Å². The van der Waals surface area contributed by atoms with Crippen LogP contribution in [0.15, 0.2) is 71.6 Å². The Bertz CT molecular complexity index is 1360. The largest absolute Gasteiger partial charge is 0.351 e. The molecule has 6 nitrogen and oxygen atoms in total. The molecule has 0 unspecified atom stereocenters. The Balaban J connectivity index is 1.55. The van der Waals surface area contributed by atoms with Crippen LogP contribution in [0.4, 0.5) is 20.2 Å². The number of para-hydroxylation sites is 1. The van der Waals surface area contributed by atoms with E-state index in [0.29, 0.717) is 23.0 Å². The van der Waals surface area contributed by atoms with E-state index < -0.39 is 21.7 Å². The van der Waals surface area contributed by atoms with Crippen molar-refractivity contribution in [3.8, 4) is 0 Å². The Morgan fingerprint density at radius 2 is 1.61 bits per heavy atom. The number of halogens is 2. The van der Waals surface area contributed by atoms with Crippen molar-refractivity contribution in [2.75, 3.05) is 10.0 Å². The molecule has 4 rings (SSSR count). The minimum atomic E-state index is -4.09. The number of amides is 1. The molecule has 3 N–H and O–H groups in total. The van der Waals surface area contributed by atoms with Crippen molar-refractivity contribution in [1.82, 2.24) is 4.98 Å². The van der Waals surface area contributed by atoms with Crippen molar-refractivity contribution in [1.29, 1.82) is 0 Å². The maximum atomic E-state index is 13.3. The van der Waals surface area contributed by atoms with E-state index in [1.54, 1.807) is 13.0 Å². The van der Waals surface area contributed by atoms with Crippen LogP contribution in [0.2, 0.25) is 0 Å². The van der Waals surface area contributed by atoms with E-state index in [4.69, 9.17) is 0 Å². The molecule has 0 spiro atoms. The van der Waals surface area contributed by atoms with Gasteiger partial charge < -0.3 is 10.3 Å². The summed E-state index contributed by atoms with van der Waals surface area (Å²) in [6.07, 6.45) is 0. The fraction of sp³-hybridized carbons (Fsp3) is 0.0455. The Kier molecular flexibility index (Phi) is 5.20. The number of carbonyl (C=O) groups is 1. The lowest BCUT2D eigenvalue weighted by atomic mass is 10.2. The number of aromatic amines is 1. The van der Waals surface area contributed by atoms with Gasteiger partial charge in [-0.3, -0.25) is 9.52 Å². The molecule has 0 atom stereocenters. The highest BCUT2D eigenvalue weighted by molar-refractivity contribution is 7.92. The van der Waals surface area contributed by atoms with Gasteiger partial charge in [-0.25, -0.2) is 17.2 Å². The monoisotopic (exact) mass is 441 g/mol. The number of H-pyrrole nitrogens is 1. The molecule has 31 heavy (non-hydrogen) atoms. The number of aryl methyl sites for hydroxylation is 1. The van der Waals surface area contributed by atoms with Gasteiger partial charge >= 0.3 is 0 Å². The molecule has 1 heterocycles. The highest BCUT2D eigenvalue weighted by atomic mass is 32.2. The van der Waals surface area contributed by atoms with Gasteiger partial charge in [0.1, 0.15) is 17.3 Å². The number of anilines is 2. The lowest BCUT2D eigenvalue weighted by molar-refractivity contribution is 0.102. The summed E-state index contributed by atoms with van der Waals surface area (Å²) >= 11 is 0. The van der Waals surface area contributed by atoms with Gasteiger partial charge in [0.15, 0.2) is 0 Å². The summed E-state index contributed by atoms with van der Waals surface area (Å²) in [5.74, 6) is -2.17. The molecule has 0 saturated carbocycles. The van der Waals surface area contributed by atoms with Crippen molar-refractivity contribution in [3.05, 3.63) is 89.6 Å². The Labute approximate surface area is 177 Å². The minimum absolute atomic E-state index is 0.0826. The van der Waals surface area contributed by atoms with E-state index in [1.807, 2.05) is 24.3 Å². The molecule has 0 aliphatic heterocycles. The number of fused-ring (bicyclic) bond motifs is 1. The summed E-state index contributed by atoms with van der Waals surface area (Å²) in [6.45, 7) is 1.55. The normalized spacial score (nSPS) is 11.5. The third-order valence-corrected chi connectivity index (χ3v) is 6.15. The molecule has 4 aromatic rings. The van der Waals surface area contributed by atoms with Crippen molar-refractivity contribution >= 4 is 38.2 Å². The SMILES string of the molecule is Cc1cc(NC(=O)c2cc3ccccc3[nH]2)ccc1S(=O)(=O)Nc1cc(F)cc(F)c1. The lowest BCUT2D eigenvalue weighted by Crippen LogP contribution is -2.16. The van der Waals surface area contributed by atoms with Gasteiger partial charge in [-0.1, -0.05) is 18.2 Å². The highest BCUT2D eigenvalue weighted by Gasteiger charge is 2.19. The number of rotatable bonds is 5. The second-order valence-electron chi connectivity index (χ2n) is 6.97. The van der Waals surface area contributed by atoms with Gasteiger partial charge in [0.05, 0.1) is 10.6 Å².